The fourth-order valence-corrected chi connectivity index (χ4v) is 2.90. The molecule has 0 saturated carbocycles. The average molecular weight is 269 g/mol. The highest BCUT2D eigenvalue weighted by Crippen LogP contribution is 2.22. The van der Waals surface area contributed by atoms with Gasteiger partial charge in [-0.15, -0.1) is 0 Å². The number of amides is 1. The van der Waals surface area contributed by atoms with Crippen LogP contribution in [0.2, 0.25) is 0 Å². The van der Waals surface area contributed by atoms with Gasteiger partial charge in [0.25, 0.3) is 0 Å². The van der Waals surface area contributed by atoms with Crippen molar-refractivity contribution in [2.45, 2.75) is 38.5 Å². The minimum atomic E-state index is -0.727. The maximum atomic E-state index is 12.1. The second-order valence-electron chi connectivity index (χ2n) is 5.59. The van der Waals surface area contributed by atoms with E-state index in [1.807, 2.05) is 4.90 Å². The van der Waals surface area contributed by atoms with E-state index in [0.717, 1.165) is 32.5 Å². The summed E-state index contributed by atoms with van der Waals surface area (Å²) < 4.78 is 5.31. The van der Waals surface area contributed by atoms with E-state index < -0.39 is 5.97 Å². The standard InChI is InChI=1S/C14H23NO4/c16-13(2-1-11-5-9-19-10-6-11)15-7-3-12(4-8-15)14(17)18/h11-12H,1-10H2,(H,17,18). The van der Waals surface area contributed by atoms with E-state index in [9.17, 15) is 9.59 Å². The van der Waals surface area contributed by atoms with Crippen LogP contribution in [-0.4, -0.2) is 48.2 Å². The molecule has 108 valence electrons. The smallest absolute Gasteiger partial charge is 0.306 e. The van der Waals surface area contributed by atoms with Gasteiger partial charge in [0.1, 0.15) is 0 Å². The number of carbonyl (C=O) groups is 2. The second kappa shape index (κ2) is 6.89. The van der Waals surface area contributed by atoms with Gasteiger partial charge in [0.05, 0.1) is 5.92 Å². The van der Waals surface area contributed by atoms with Crippen molar-refractivity contribution in [3.63, 3.8) is 0 Å². The molecule has 0 aliphatic carbocycles. The first-order valence-electron chi connectivity index (χ1n) is 7.25. The molecule has 0 radical (unpaired) electrons. The van der Waals surface area contributed by atoms with E-state index in [-0.39, 0.29) is 11.8 Å². The summed E-state index contributed by atoms with van der Waals surface area (Å²) in [5, 5.41) is 8.92. The van der Waals surface area contributed by atoms with Crippen LogP contribution in [-0.2, 0) is 14.3 Å². The highest BCUT2D eigenvalue weighted by molar-refractivity contribution is 5.77. The molecule has 2 saturated heterocycles. The molecule has 0 aromatic carbocycles. The van der Waals surface area contributed by atoms with Crippen molar-refractivity contribution in [3.05, 3.63) is 0 Å². The molecule has 0 aromatic rings. The summed E-state index contributed by atoms with van der Waals surface area (Å²) in [4.78, 5) is 24.7. The molecule has 1 N–H and O–H groups in total. The molecule has 19 heavy (non-hydrogen) atoms. The molecular weight excluding hydrogens is 246 g/mol. The van der Waals surface area contributed by atoms with Gasteiger partial charge in [0, 0.05) is 32.7 Å². The number of hydrogen-bond donors (Lipinski definition) is 1. The van der Waals surface area contributed by atoms with Gasteiger partial charge < -0.3 is 14.7 Å². The van der Waals surface area contributed by atoms with E-state index >= 15 is 0 Å². The lowest BCUT2D eigenvalue weighted by Gasteiger charge is -2.31. The molecule has 0 bridgehead atoms. The van der Waals surface area contributed by atoms with Gasteiger partial charge in [-0.05, 0) is 38.0 Å². The Bertz CT molecular complexity index is 317. The minimum Gasteiger partial charge on any atom is -0.481 e. The van der Waals surface area contributed by atoms with Gasteiger partial charge in [-0.3, -0.25) is 9.59 Å². The molecule has 2 rings (SSSR count). The zero-order valence-corrected chi connectivity index (χ0v) is 11.3. The first-order chi connectivity index (χ1) is 9.16. The Balaban J connectivity index is 1.67. The van der Waals surface area contributed by atoms with E-state index in [4.69, 9.17) is 9.84 Å². The van der Waals surface area contributed by atoms with Crippen LogP contribution in [0.1, 0.15) is 38.5 Å². The van der Waals surface area contributed by atoms with Gasteiger partial charge in [-0.25, -0.2) is 0 Å². The molecule has 0 aromatic heterocycles. The topological polar surface area (TPSA) is 66.8 Å². The van der Waals surface area contributed by atoms with Crippen molar-refractivity contribution in [1.82, 2.24) is 4.90 Å². The van der Waals surface area contributed by atoms with Crippen LogP contribution in [0.5, 0.6) is 0 Å². The highest BCUT2D eigenvalue weighted by atomic mass is 16.5. The van der Waals surface area contributed by atoms with Crippen molar-refractivity contribution in [3.8, 4) is 0 Å². The number of nitrogens with zero attached hydrogens (tertiary/aromatic N) is 1. The third kappa shape index (κ3) is 4.20. The first-order valence-corrected chi connectivity index (χ1v) is 7.25. The number of ether oxygens (including phenoxy) is 1. The molecule has 2 fully saturated rings. The Morgan fingerprint density at radius 1 is 1.11 bits per heavy atom. The van der Waals surface area contributed by atoms with Crippen molar-refractivity contribution in [2.24, 2.45) is 11.8 Å². The van der Waals surface area contributed by atoms with Crippen LogP contribution in [0.15, 0.2) is 0 Å². The number of likely N-dealkylation sites (tertiary alicyclic amines) is 1. The summed E-state index contributed by atoms with van der Waals surface area (Å²) in [7, 11) is 0. The van der Waals surface area contributed by atoms with Gasteiger partial charge in [0.15, 0.2) is 0 Å². The summed E-state index contributed by atoms with van der Waals surface area (Å²) in [6.45, 7) is 2.85. The van der Waals surface area contributed by atoms with E-state index in [2.05, 4.69) is 0 Å². The van der Waals surface area contributed by atoms with Gasteiger partial charge >= 0.3 is 5.97 Å². The highest BCUT2D eigenvalue weighted by Gasteiger charge is 2.27. The van der Waals surface area contributed by atoms with Crippen LogP contribution in [0.25, 0.3) is 0 Å². The van der Waals surface area contributed by atoms with Crippen LogP contribution in [0, 0.1) is 11.8 Å². The van der Waals surface area contributed by atoms with Crippen molar-refractivity contribution in [2.75, 3.05) is 26.3 Å². The molecule has 2 aliphatic rings. The molecule has 5 nitrogen and oxygen atoms in total. The van der Waals surface area contributed by atoms with Gasteiger partial charge in [-0.1, -0.05) is 0 Å². The molecule has 0 unspecified atom stereocenters. The second-order valence-corrected chi connectivity index (χ2v) is 5.59. The number of carbonyl (C=O) groups excluding carboxylic acids is 1. The third-order valence-corrected chi connectivity index (χ3v) is 4.30. The molecule has 2 aliphatic heterocycles. The SMILES string of the molecule is O=C(O)C1CCN(C(=O)CCC2CCOCC2)CC1. The number of aliphatic carboxylic acids is 1. The monoisotopic (exact) mass is 269 g/mol. The normalized spacial score (nSPS) is 22.4. The first kappa shape index (κ1) is 14.3. The molecule has 2 heterocycles. The summed E-state index contributed by atoms with van der Waals surface area (Å²) >= 11 is 0. The lowest BCUT2D eigenvalue weighted by atomic mass is 9.93. The predicted octanol–water partition coefficient (Wildman–Crippen LogP) is 1.52. The van der Waals surface area contributed by atoms with Gasteiger partial charge in [0.2, 0.25) is 5.91 Å². The molecule has 1 amide bonds. The fraction of sp³-hybridized carbons (Fsp3) is 0.857. The zero-order chi connectivity index (χ0) is 13.7. The quantitative estimate of drug-likeness (QED) is 0.840. The van der Waals surface area contributed by atoms with Gasteiger partial charge in [-0.2, -0.15) is 0 Å². The lowest BCUT2D eigenvalue weighted by molar-refractivity contribution is -0.145. The summed E-state index contributed by atoms with van der Waals surface area (Å²) in [6.07, 6.45) is 4.86. The Labute approximate surface area is 113 Å². The van der Waals surface area contributed by atoms with E-state index in [1.54, 1.807) is 0 Å². The Morgan fingerprint density at radius 3 is 2.32 bits per heavy atom. The van der Waals surface area contributed by atoms with Crippen molar-refractivity contribution >= 4 is 11.9 Å². The average Bonchev–Trinajstić information content (AvgIpc) is 2.46. The minimum absolute atomic E-state index is 0.190. The predicted molar refractivity (Wildman–Crippen MR) is 69.7 cm³/mol. The van der Waals surface area contributed by atoms with Crippen molar-refractivity contribution in [1.29, 1.82) is 0 Å². The number of hydrogen-bond acceptors (Lipinski definition) is 3. The largest absolute Gasteiger partial charge is 0.481 e. The number of rotatable bonds is 4. The number of carboxylic acids is 1. The molecule has 5 heteroatoms. The van der Waals surface area contributed by atoms with E-state index in [1.165, 1.54) is 0 Å². The fourth-order valence-electron chi connectivity index (χ4n) is 2.90. The summed E-state index contributed by atoms with van der Waals surface area (Å²) in [5.74, 6) is -0.182. The summed E-state index contributed by atoms with van der Waals surface area (Å²) in [5.41, 5.74) is 0. The molecular formula is C14H23NO4. The maximum Gasteiger partial charge on any atom is 0.306 e. The molecule has 0 spiro atoms. The lowest BCUT2D eigenvalue weighted by Crippen LogP contribution is -2.40. The number of carboxylic acid groups (broad SMARTS) is 1. The summed E-state index contributed by atoms with van der Waals surface area (Å²) in [6, 6.07) is 0. The van der Waals surface area contributed by atoms with E-state index in [0.29, 0.717) is 38.3 Å². The maximum absolute atomic E-state index is 12.1. The van der Waals surface area contributed by atoms with Crippen molar-refractivity contribution < 1.29 is 19.4 Å². The molecule has 0 atom stereocenters. The van der Waals surface area contributed by atoms with Crippen LogP contribution in [0.3, 0.4) is 0 Å². The Morgan fingerprint density at radius 2 is 1.74 bits per heavy atom. The Hall–Kier alpha value is -1.10. The van der Waals surface area contributed by atoms with Crippen LogP contribution >= 0.6 is 0 Å². The van der Waals surface area contributed by atoms with Crippen LogP contribution in [0.4, 0.5) is 0 Å². The Kier molecular flexibility index (Phi) is 5.19. The zero-order valence-electron chi connectivity index (χ0n) is 11.3. The number of piperidine rings is 1. The third-order valence-electron chi connectivity index (χ3n) is 4.30. The van der Waals surface area contributed by atoms with Crippen LogP contribution < -0.4 is 0 Å².